The summed E-state index contributed by atoms with van der Waals surface area (Å²) in [5.74, 6) is 0.804. The number of benzene rings is 1. The molecule has 2 heterocycles. The highest BCUT2D eigenvalue weighted by molar-refractivity contribution is 5.76. The van der Waals surface area contributed by atoms with Gasteiger partial charge < -0.3 is 24.6 Å². The van der Waals surface area contributed by atoms with Crippen LogP contribution in [0.2, 0.25) is 0 Å². The number of aryl methyl sites for hydroxylation is 1. The Morgan fingerprint density at radius 3 is 3.04 bits per heavy atom. The number of hydrogen-bond acceptors (Lipinski definition) is 5. The third kappa shape index (κ3) is 4.51. The van der Waals surface area contributed by atoms with Gasteiger partial charge in [0.2, 0.25) is 5.91 Å². The molecular formula is C19H27NO5. The first-order chi connectivity index (χ1) is 12.1. The van der Waals surface area contributed by atoms with Crippen LogP contribution in [-0.4, -0.2) is 56.2 Å². The van der Waals surface area contributed by atoms with Crippen LogP contribution in [-0.2, 0) is 27.1 Å². The van der Waals surface area contributed by atoms with Crippen LogP contribution in [0.5, 0.6) is 5.75 Å². The van der Waals surface area contributed by atoms with Gasteiger partial charge in [0.15, 0.2) is 0 Å². The molecule has 6 heteroatoms. The standard InChI is InChI=1S/C19H27NO5/c1-12-7-14-8-13(3-5-16(14)25-12)4-6-18(21)20-9-15-10-24-11-17(23-2)19(15)22/h3,5,8,12,15,17,19,22H,4,6-7,9-11H2,1-2H3,(H,20,21)/t12?,15-,17-,19+/m1/s1. The van der Waals surface area contributed by atoms with Crippen LogP contribution in [0.3, 0.4) is 0 Å². The van der Waals surface area contributed by atoms with E-state index in [1.54, 1.807) is 7.11 Å². The summed E-state index contributed by atoms with van der Waals surface area (Å²) in [6, 6.07) is 6.15. The van der Waals surface area contributed by atoms with Crippen molar-refractivity contribution in [3.63, 3.8) is 0 Å². The van der Waals surface area contributed by atoms with Gasteiger partial charge in [-0.1, -0.05) is 12.1 Å². The molecule has 1 fully saturated rings. The number of rotatable bonds is 6. The molecule has 2 aliphatic heterocycles. The van der Waals surface area contributed by atoms with Crippen molar-refractivity contribution in [2.75, 3.05) is 26.9 Å². The van der Waals surface area contributed by atoms with Crippen LogP contribution in [0.1, 0.15) is 24.5 Å². The summed E-state index contributed by atoms with van der Waals surface area (Å²) in [6.45, 7) is 3.28. The molecule has 25 heavy (non-hydrogen) atoms. The first kappa shape index (κ1) is 18.2. The van der Waals surface area contributed by atoms with Crippen LogP contribution in [0, 0.1) is 5.92 Å². The average Bonchev–Trinajstić information content (AvgIpc) is 2.98. The molecule has 0 saturated carbocycles. The zero-order chi connectivity index (χ0) is 17.8. The van der Waals surface area contributed by atoms with Crippen LogP contribution >= 0.6 is 0 Å². The predicted molar refractivity (Wildman–Crippen MR) is 92.7 cm³/mol. The fourth-order valence-electron chi connectivity index (χ4n) is 3.45. The Hall–Kier alpha value is -1.63. The molecule has 0 aliphatic carbocycles. The van der Waals surface area contributed by atoms with Crippen LogP contribution < -0.4 is 10.1 Å². The number of hydrogen-bond donors (Lipinski definition) is 2. The quantitative estimate of drug-likeness (QED) is 0.804. The lowest BCUT2D eigenvalue weighted by Gasteiger charge is -2.33. The van der Waals surface area contributed by atoms with Crippen molar-refractivity contribution >= 4 is 5.91 Å². The maximum absolute atomic E-state index is 12.1. The van der Waals surface area contributed by atoms with E-state index < -0.39 is 6.10 Å². The highest BCUT2D eigenvalue weighted by Crippen LogP contribution is 2.29. The number of aliphatic hydroxyl groups excluding tert-OH is 1. The zero-order valence-corrected chi connectivity index (χ0v) is 14.9. The first-order valence-electron chi connectivity index (χ1n) is 8.90. The highest BCUT2D eigenvalue weighted by atomic mass is 16.5. The number of amides is 1. The molecular weight excluding hydrogens is 322 g/mol. The molecule has 2 aliphatic rings. The van der Waals surface area contributed by atoms with E-state index in [1.165, 1.54) is 5.56 Å². The number of carbonyl (C=O) groups is 1. The lowest BCUT2D eigenvalue weighted by atomic mass is 9.96. The first-order valence-corrected chi connectivity index (χ1v) is 8.90. The van der Waals surface area contributed by atoms with Crippen LogP contribution in [0.15, 0.2) is 18.2 Å². The van der Waals surface area contributed by atoms with Gasteiger partial charge in [-0.2, -0.15) is 0 Å². The smallest absolute Gasteiger partial charge is 0.220 e. The fraction of sp³-hybridized carbons (Fsp3) is 0.632. The van der Waals surface area contributed by atoms with E-state index in [1.807, 2.05) is 12.1 Å². The molecule has 1 unspecified atom stereocenters. The number of carbonyl (C=O) groups excluding carboxylic acids is 1. The Morgan fingerprint density at radius 2 is 2.24 bits per heavy atom. The molecule has 3 rings (SSSR count). The molecule has 6 nitrogen and oxygen atoms in total. The van der Waals surface area contributed by atoms with Gasteiger partial charge in [0, 0.05) is 32.4 Å². The fourth-order valence-corrected chi connectivity index (χ4v) is 3.45. The van der Waals surface area contributed by atoms with Crippen molar-refractivity contribution < 1.29 is 24.1 Å². The molecule has 2 N–H and O–H groups in total. The van der Waals surface area contributed by atoms with Crippen molar-refractivity contribution in [1.82, 2.24) is 5.32 Å². The van der Waals surface area contributed by atoms with E-state index in [0.717, 1.165) is 17.7 Å². The van der Waals surface area contributed by atoms with E-state index in [0.29, 0.717) is 32.6 Å². The van der Waals surface area contributed by atoms with Gasteiger partial charge in [0.1, 0.15) is 18.0 Å². The number of nitrogens with one attached hydrogen (secondary N) is 1. The summed E-state index contributed by atoms with van der Waals surface area (Å²) in [6.07, 6.45) is 1.33. The Kier molecular flexibility index (Phi) is 5.93. The molecule has 138 valence electrons. The maximum Gasteiger partial charge on any atom is 0.220 e. The summed E-state index contributed by atoms with van der Waals surface area (Å²) in [5, 5.41) is 13.1. The van der Waals surface area contributed by atoms with Gasteiger partial charge in [-0.25, -0.2) is 0 Å². The Labute approximate surface area is 148 Å². The van der Waals surface area contributed by atoms with E-state index >= 15 is 0 Å². The number of ether oxygens (including phenoxy) is 3. The summed E-state index contributed by atoms with van der Waals surface area (Å²) in [7, 11) is 1.56. The van der Waals surface area contributed by atoms with E-state index in [4.69, 9.17) is 14.2 Å². The SMILES string of the molecule is CO[C@@H]1COC[C@@H](CNC(=O)CCc2ccc3c(c2)CC(C)O3)[C@@H]1O. The third-order valence-corrected chi connectivity index (χ3v) is 4.94. The topological polar surface area (TPSA) is 77.0 Å². The van der Waals surface area contributed by atoms with E-state index in [-0.39, 0.29) is 24.0 Å². The minimum absolute atomic E-state index is 0.0168. The molecule has 4 atom stereocenters. The number of aliphatic hydroxyl groups is 1. The van der Waals surface area contributed by atoms with Gasteiger partial charge in [-0.05, 0) is 30.5 Å². The van der Waals surface area contributed by atoms with Gasteiger partial charge in [-0.15, -0.1) is 0 Å². The molecule has 1 aromatic carbocycles. The van der Waals surface area contributed by atoms with Crippen molar-refractivity contribution in [3.8, 4) is 5.75 Å². The van der Waals surface area contributed by atoms with E-state index in [2.05, 4.69) is 18.3 Å². The third-order valence-electron chi connectivity index (χ3n) is 4.94. The lowest BCUT2D eigenvalue weighted by molar-refractivity contribution is -0.136. The summed E-state index contributed by atoms with van der Waals surface area (Å²) >= 11 is 0. The highest BCUT2D eigenvalue weighted by Gasteiger charge is 2.32. The van der Waals surface area contributed by atoms with Crippen molar-refractivity contribution in [1.29, 1.82) is 0 Å². The minimum atomic E-state index is -0.613. The van der Waals surface area contributed by atoms with Crippen LogP contribution in [0.4, 0.5) is 0 Å². The van der Waals surface area contributed by atoms with Gasteiger partial charge in [-0.3, -0.25) is 4.79 Å². The molecule has 0 radical (unpaired) electrons. The zero-order valence-electron chi connectivity index (χ0n) is 14.9. The Balaban J connectivity index is 1.43. The van der Waals surface area contributed by atoms with Gasteiger partial charge in [0.05, 0.1) is 19.3 Å². The molecule has 1 saturated heterocycles. The molecule has 0 aromatic heterocycles. The monoisotopic (exact) mass is 349 g/mol. The normalized spacial score (nSPS) is 28.3. The molecule has 1 amide bonds. The maximum atomic E-state index is 12.1. The Bertz CT molecular complexity index is 605. The van der Waals surface area contributed by atoms with Gasteiger partial charge >= 0.3 is 0 Å². The summed E-state index contributed by atoms with van der Waals surface area (Å²) < 4.78 is 16.3. The number of fused-ring (bicyclic) bond motifs is 1. The summed E-state index contributed by atoms with van der Waals surface area (Å²) in [5.41, 5.74) is 2.37. The van der Waals surface area contributed by atoms with Crippen molar-refractivity contribution in [3.05, 3.63) is 29.3 Å². The molecule has 0 bridgehead atoms. The van der Waals surface area contributed by atoms with Crippen LogP contribution in [0.25, 0.3) is 0 Å². The molecule has 0 spiro atoms. The summed E-state index contributed by atoms with van der Waals surface area (Å²) in [4.78, 5) is 12.1. The van der Waals surface area contributed by atoms with Crippen molar-refractivity contribution in [2.24, 2.45) is 5.92 Å². The predicted octanol–water partition coefficient (Wildman–Crippen LogP) is 1.08. The Morgan fingerprint density at radius 1 is 1.40 bits per heavy atom. The average molecular weight is 349 g/mol. The molecule has 1 aromatic rings. The lowest BCUT2D eigenvalue weighted by Crippen LogP contribution is -2.49. The second-order valence-corrected chi connectivity index (χ2v) is 6.94. The largest absolute Gasteiger partial charge is 0.490 e. The second-order valence-electron chi connectivity index (χ2n) is 6.94. The van der Waals surface area contributed by atoms with Gasteiger partial charge in [0.25, 0.3) is 0 Å². The van der Waals surface area contributed by atoms with Crippen molar-refractivity contribution in [2.45, 2.75) is 44.5 Å². The minimum Gasteiger partial charge on any atom is -0.490 e. The second kappa shape index (κ2) is 8.17. The van der Waals surface area contributed by atoms with E-state index in [9.17, 15) is 9.90 Å². The number of methoxy groups -OCH3 is 1.